The molecule has 3 nitrogen and oxygen atoms in total. The first-order chi connectivity index (χ1) is 6.75. The average Bonchev–Trinajstić information content (AvgIpc) is 2.69. The minimum atomic E-state index is 0.605. The molecule has 1 heterocycles. The molecule has 2 atom stereocenters. The monoisotopic (exact) mass is 200 g/mol. The second-order valence-electron chi connectivity index (χ2n) is 4.24. The third-order valence-electron chi connectivity index (χ3n) is 3.04. The summed E-state index contributed by atoms with van der Waals surface area (Å²) in [7, 11) is 2.21. The minimum Gasteiger partial charge on any atom is -0.380 e. The first-order valence-corrected chi connectivity index (χ1v) is 5.76. The van der Waals surface area contributed by atoms with E-state index in [-0.39, 0.29) is 0 Å². The van der Waals surface area contributed by atoms with Crippen LogP contribution in [0.15, 0.2) is 0 Å². The summed E-state index contributed by atoms with van der Waals surface area (Å²) < 4.78 is 5.39. The van der Waals surface area contributed by atoms with E-state index in [2.05, 4.69) is 31.1 Å². The first kappa shape index (κ1) is 12.0. The zero-order valence-electron chi connectivity index (χ0n) is 9.75. The maximum atomic E-state index is 5.39. The molecule has 3 heteroatoms. The van der Waals surface area contributed by atoms with Crippen molar-refractivity contribution < 1.29 is 4.74 Å². The van der Waals surface area contributed by atoms with E-state index in [0.29, 0.717) is 12.1 Å². The van der Waals surface area contributed by atoms with Gasteiger partial charge in [0.2, 0.25) is 0 Å². The van der Waals surface area contributed by atoms with Crippen LogP contribution >= 0.6 is 0 Å². The maximum Gasteiger partial charge on any atom is 0.0622 e. The van der Waals surface area contributed by atoms with Gasteiger partial charge < -0.3 is 10.1 Å². The normalized spacial score (nSPS) is 24.4. The molecule has 1 saturated heterocycles. The lowest BCUT2D eigenvalue weighted by molar-refractivity contribution is 0.137. The van der Waals surface area contributed by atoms with E-state index in [4.69, 9.17) is 4.74 Å². The Morgan fingerprint density at radius 1 is 1.57 bits per heavy atom. The Morgan fingerprint density at radius 3 is 2.93 bits per heavy atom. The molecule has 0 aromatic rings. The molecule has 0 aromatic heterocycles. The lowest BCUT2D eigenvalue weighted by Crippen LogP contribution is -2.44. The summed E-state index contributed by atoms with van der Waals surface area (Å²) in [6, 6.07) is 1.24. The molecule has 0 amide bonds. The zero-order chi connectivity index (χ0) is 10.4. The Kier molecular flexibility index (Phi) is 5.45. The summed E-state index contributed by atoms with van der Waals surface area (Å²) in [6.07, 6.45) is 2.40. The zero-order valence-corrected chi connectivity index (χ0v) is 9.75. The first-order valence-electron chi connectivity index (χ1n) is 5.76. The summed E-state index contributed by atoms with van der Waals surface area (Å²) in [5.74, 6) is 0. The van der Waals surface area contributed by atoms with E-state index in [1.54, 1.807) is 0 Å². The minimum absolute atomic E-state index is 0.605. The number of nitrogens with one attached hydrogen (secondary N) is 1. The molecular weight excluding hydrogens is 176 g/mol. The molecule has 0 aliphatic carbocycles. The molecule has 1 N–H and O–H groups in total. The lowest BCUT2D eigenvalue weighted by Gasteiger charge is -2.29. The van der Waals surface area contributed by atoms with Gasteiger partial charge in [0.25, 0.3) is 0 Å². The van der Waals surface area contributed by atoms with Gasteiger partial charge in [-0.1, -0.05) is 6.92 Å². The molecule has 1 aliphatic heterocycles. The number of likely N-dealkylation sites (N-methyl/N-ethyl adjacent to an activating group) is 1. The highest BCUT2D eigenvalue weighted by molar-refractivity contribution is 4.78. The Labute approximate surface area is 87.8 Å². The van der Waals surface area contributed by atoms with E-state index in [9.17, 15) is 0 Å². The number of hydrogen-bond acceptors (Lipinski definition) is 3. The summed E-state index contributed by atoms with van der Waals surface area (Å²) in [6.45, 7) is 8.53. The molecule has 1 fully saturated rings. The lowest BCUT2D eigenvalue weighted by atomic mass is 10.2. The summed E-state index contributed by atoms with van der Waals surface area (Å²) >= 11 is 0. The van der Waals surface area contributed by atoms with E-state index in [1.165, 1.54) is 12.8 Å². The van der Waals surface area contributed by atoms with Crippen molar-refractivity contribution in [3.05, 3.63) is 0 Å². The molecule has 0 saturated carbocycles. The van der Waals surface area contributed by atoms with Gasteiger partial charge >= 0.3 is 0 Å². The van der Waals surface area contributed by atoms with Gasteiger partial charge in [-0.2, -0.15) is 0 Å². The van der Waals surface area contributed by atoms with Crippen LogP contribution in [0.1, 0.15) is 26.7 Å². The molecule has 0 aromatic carbocycles. The van der Waals surface area contributed by atoms with Crippen LogP contribution in [0.3, 0.4) is 0 Å². The fraction of sp³-hybridized carbons (Fsp3) is 1.00. The van der Waals surface area contributed by atoms with Crippen LogP contribution < -0.4 is 5.32 Å². The molecule has 0 radical (unpaired) electrons. The molecule has 1 rings (SSSR count). The average molecular weight is 200 g/mol. The van der Waals surface area contributed by atoms with Gasteiger partial charge in [-0.05, 0) is 33.4 Å². The van der Waals surface area contributed by atoms with Crippen molar-refractivity contribution in [3.63, 3.8) is 0 Å². The van der Waals surface area contributed by atoms with E-state index in [0.717, 1.165) is 26.3 Å². The molecule has 14 heavy (non-hydrogen) atoms. The topological polar surface area (TPSA) is 24.5 Å². The summed E-state index contributed by atoms with van der Waals surface area (Å²) in [5, 5.41) is 3.46. The third-order valence-corrected chi connectivity index (χ3v) is 3.04. The molecule has 84 valence electrons. The van der Waals surface area contributed by atoms with Crippen LogP contribution in [0, 0.1) is 0 Å². The van der Waals surface area contributed by atoms with Crippen LogP contribution in [0.2, 0.25) is 0 Å². The number of hydrogen-bond donors (Lipinski definition) is 1. The van der Waals surface area contributed by atoms with Gasteiger partial charge in [0.1, 0.15) is 0 Å². The smallest absolute Gasteiger partial charge is 0.0622 e. The van der Waals surface area contributed by atoms with Crippen molar-refractivity contribution >= 4 is 0 Å². The van der Waals surface area contributed by atoms with Crippen molar-refractivity contribution in [1.82, 2.24) is 10.2 Å². The number of rotatable bonds is 6. The predicted octanol–water partition coefficient (Wildman–Crippen LogP) is 1.10. The van der Waals surface area contributed by atoms with Crippen molar-refractivity contribution in [1.29, 1.82) is 0 Å². The van der Waals surface area contributed by atoms with E-state index >= 15 is 0 Å². The standard InChI is InChI=1S/C11H24N2O/c1-4-6-12-8-10(2)13(3)11-5-7-14-9-11/h10-12H,4-9H2,1-3H3. The van der Waals surface area contributed by atoms with Crippen LogP contribution in [-0.2, 0) is 4.74 Å². The summed E-state index contributed by atoms with van der Waals surface area (Å²) in [4.78, 5) is 2.44. The number of nitrogens with zero attached hydrogens (tertiary/aromatic N) is 1. The Morgan fingerprint density at radius 2 is 2.36 bits per heavy atom. The van der Waals surface area contributed by atoms with Crippen molar-refractivity contribution in [3.8, 4) is 0 Å². The Hall–Kier alpha value is -0.120. The number of ether oxygens (including phenoxy) is 1. The Balaban J connectivity index is 2.17. The highest BCUT2D eigenvalue weighted by Gasteiger charge is 2.23. The highest BCUT2D eigenvalue weighted by Crippen LogP contribution is 2.12. The SMILES string of the molecule is CCCNCC(C)N(C)C1CCOC1. The van der Waals surface area contributed by atoms with Crippen molar-refractivity contribution in [2.24, 2.45) is 0 Å². The predicted molar refractivity (Wildman–Crippen MR) is 59.6 cm³/mol. The second-order valence-corrected chi connectivity index (χ2v) is 4.24. The van der Waals surface area contributed by atoms with E-state index < -0.39 is 0 Å². The van der Waals surface area contributed by atoms with Crippen LogP contribution in [-0.4, -0.2) is 50.3 Å². The van der Waals surface area contributed by atoms with Gasteiger partial charge in [0.05, 0.1) is 6.61 Å². The molecule has 0 spiro atoms. The maximum absolute atomic E-state index is 5.39. The van der Waals surface area contributed by atoms with Gasteiger partial charge in [0.15, 0.2) is 0 Å². The van der Waals surface area contributed by atoms with Gasteiger partial charge in [-0.15, -0.1) is 0 Å². The molecular formula is C11H24N2O. The quantitative estimate of drug-likeness (QED) is 0.650. The fourth-order valence-electron chi connectivity index (χ4n) is 1.83. The highest BCUT2D eigenvalue weighted by atomic mass is 16.5. The van der Waals surface area contributed by atoms with E-state index in [1.807, 2.05) is 0 Å². The fourth-order valence-corrected chi connectivity index (χ4v) is 1.83. The van der Waals surface area contributed by atoms with Gasteiger partial charge in [-0.25, -0.2) is 0 Å². The molecule has 2 unspecified atom stereocenters. The van der Waals surface area contributed by atoms with Crippen molar-refractivity contribution in [2.75, 3.05) is 33.4 Å². The van der Waals surface area contributed by atoms with Gasteiger partial charge in [-0.3, -0.25) is 4.90 Å². The third kappa shape index (κ3) is 3.56. The van der Waals surface area contributed by atoms with Crippen LogP contribution in [0.25, 0.3) is 0 Å². The molecule has 1 aliphatic rings. The Bertz CT molecular complexity index is 146. The molecule has 0 bridgehead atoms. The van der Waals surface area contributed by atoms with Crippen molar-refractivity contribution in [2.45, 2.75) is 38.8 Å². The second kappa shape index (κ2) is 6.38. The van der Waals surface area contributed by atoms with Crippen LogP contribution in [0.5, 0.6) is 0 Å². The largest absolute Gasteiger partial charge is 0.380 e. The van der Waals surface area contributed by atoms with Gasteiger partial charge in [0, 0.05) is 25.2 Å². The summed E-state index contributed by atoms with van der Waals surface area (Å²) in [5.41, 5.74) is 0. The van der Waals surface area contributed by atoms with Crippen LogP contribution in [0.4, 0.5) is 0 Å².